The average Bonchev–Trinajstić information content (AvgIpc) is 3.54. The van der Waals surface area contributed by atoms with Crippen LogP contribution in [0.1, 0.15) is 68.1 Å². The Bertz CT molecular complexity index is 1680. The Balaban J connectivity index is 1.48. The molecule has 1 fully saturated rings. The summed E-state index contributed by atoms with van der Waals surface area (Å²) in [6.07, 6.45) is 6.56. The van der Waals surface area contributed by atoms with Crippen LogP contribution < -0.4 is 20.9 Å². The van der Waals surface area contributed by atoms with Crippen LogP contribution in [0.2, 0.25) is 0 Å². The Morgan fingerprint density at radius 3 is 2.44 bits per heavy atom. The van der Waals surface area contributed by atoms with Crippen molar-refractivity contribution in [2.45, 2.75) is 69.9 Å². The molecule has 1 aliphatic heterocycles. The molecular weight excluding hydrogens is 568 g/mol. The minimum Gasteiger partial charge on any atom is -0.351 e. The van der Waals surface area contributed by atoms with E-state index in [1.165, 1.54) is 20.9 Å². The van der Waals surface area contributed by atoms with Crippen LogP contribution in [0.5, 0.6) is 0 Å². The van der Waals surface area contributed by atoms with Crippen LogP contribution in [0.15, 0.2) is 79.1 Å². The van der Waals surface area contributed by atoms with Crippen LogP contribution in [-0.2, 0) is 9.59 Å². The highest BCUT2D eigenvalue weighted by Gasteiger charge is 2.42. The predicted molar refractivity (Wildman–Crippen MR) is 171 cm³/mol. The molecule has 11 heteroatoms. The van der Waals surface area contributed by atoms with E-state index < -0.39 is 18.0 Å². The second-order valence-corrected chi connectivity index (χ2v) is 12.3. The predicted octanol–water partition coefficient (Wildman–Crippen LogP) is 4.63. The number of primary amides is 1. The number of para-hydroxylation sites is 2. The van der Waals surface area contributed by atoms with Gasteiger partial charge in [-0.05, 0) is 73.2 Å². The molecule has 4 amide bonds. The van der Waals surface area contributed by atoms with E-state index in [0.717, 1.165) is 48.8 Å². The van der Waals surface area contributed by atoms with E-state index in [2.05, 4.69) is 27.7 Å². The molecule has 232 valence electrons. The quantitative estimate of drug-likeness (QED) is 0.314. The molecule has 2 atom stereocenters. The smallest absolute Gasteiger partial charge is 0.320 e. The molecule has 0 bridgehead atoms. The molecule has 2 aliphatic rings. The lowest BCUT2D eigenvalue weighted by Crippen LogP contribution is -2.56. The normalized spacial score (nSPS) is 19.3. The maximum Gasteiger partial charge on any atom is 0.320 e. The van der Waals surface area contributed by atoms with Crippen molar-refractivity contribution in [3.63, 3.8) is 0 Å². The molecule has 3 aromatic carbocycles. The minimum absolute atomic E-state index is 0.193. The van der Waals surface area contributed by atoms with Gasteiger partial charge in [0.05, 0.1) is 5.69 Å². The van der Waals surface area contributed by atoms with Gasteiger partial charge >= 0.3 is 6.03 Å². The van der Waals surface area contributed by atoms with Gasteiger partial charge in [0.1, 0.15) is 18.3 Å². The summed E-state index contributed by atoms with van der Waals surface area (Å²) >= 11 is 0. The summed E-state index contributed by atoms with van der Waals surface area (Å²) in [6.45, 7) is 3.84. The van der Waals surface area contributed by atoms with E-state index in [1.807, 2.05) is 55.5 Å². The van der Waals surface area contributed by atoms with Crippen LogP contribution in [0, 0.1) is 6.92 Å². The highest BCUT2D eigenvalue weighted by molar-refractivity contribution is 6.09. The summed E-state index contributed by atoms with van der Waals surface area (Å²) in [5.74, 6) is -0.919. The number of aromatic nitrogens is 4. The van der Waals surface area contributed by atoms with Crippen molar-refractivity contribution in [1.82, 2.24) is 25.5 Å². The Labute approximate surface area is 262 Å². The van der Waals surface area contributed by atoms with Crippen LogP contribution in [0.25, 0.3) is 5.69 Å². The number of aryl methyl sites for hydroxylation is 1. The van der Waals surface area contributed by atoms with Crippen molar-refractivity contribution < 1.29 is 14.4 Å². The van der Waals surface area contributed by atoms with Gasteiger partial charge in [-0.1, -0.05) is 73.9 Å². The molecule has 6 rings (SSSR count). The molecule has 4 aromatic rings. The molecule has 0 spiro atoms. The Hall–Kier alpha value is -5.06. The summed E-state index contributed by atoms with van der Waals surface area (Å²) in [5, 5.41) is 15.2. The molecule has 45 heavy (non-hydrogen) atoms. The number of hydrogen-bond donors (Lipinski definition) is 2. The Morgan fingerprint density at radius 1 is 1.00 bits per heavy atom. The first kappa shape index (κ1) is 30.0. The number of rotatable bonds is 7. The van der Waals surface area contributed by atoms with E-state index in [-0.39, 0.29) is 30.3 Å². The van der Waals surface area contributed by atoms with Gasteiger partial charge in [0.15, 0.2) is 6.33 Å². The van der Waals surface area contributed by atoms with E-state index in [0.29, 0.717) is 17.1 Å². The largest absolute Gasteiger partial charge is 0.351 e. The molecule has 1 saturated carbocycles. The van der Waals surface area contributed by atoms with E-state index >= 15 is 0 Å². The maximum absolute atomic E-state index is 14.9. The number of nitrogens with one attached hydrogen (secondary N) is 1. The number of carbonyl (C=O) groups is 3. The zero-order valence-electron chi connectivity index (χ0n) is 25.6. The molecule has 2 heterocycles. The number of hydrogen-bond acceptors (Lipinski definition) is 6. The van der Waals surface area contributed by atoms with Gasteiger partial charge in [0, 0.05) is 17.1 Å². The first-order valence-electron chi connectivity index (χ1n) is 15.4. The maximum atomic E-state index is 14.9. The topological polar surface area (TPSA) is 139 Å². The SMILES string of the molecule is Cc1ccc2c(c1)N(CC(=O)NC1(C)CCCCC1)C(=O)C(N(C(N)=O)c1ccccc1-n1ncnn1)CC2c1ccccc1. The fourth-order valence-electron chi connectivity index (χ4n) is 6.84. The molecular formula is C34H38N8O3. The van der Waals surface area contributed by atoms with Crippen LogP contribution in [0.4, 0.5) is 16.2 Å². The van der Waals surface area contributed by atoms with E-state index in [4.69, 9.17) is 5.73 Å². The highest BCUT2D eigenvalue weighted by atomic mass is 16.2. The van der Waals surface area contributed by atoms with Crippen molar-refractivity contribution in [3.8, 4) is 5.69 Å². The average molecular weight is 607 g/mol. The third-order valence-corrected chi connectivity index (χ3v) is 9.02. The molecule has 1 aromatic heterocycles. The fourth-order valence-corrected chi connectivity index (χ4v) is 6.84. The molecule has 2 unspecified atom stereocenters. The monoisotopic (exact) mass is 606 g/mol. The Morgan fingerprint density at radius 2 is 1.73 bits per heavy atom. The zero-order valence-corrected chi connectivity index (χ0v) is 25.6. The summed E-state index contributed by atoms with van der Waals surface area (Å²) in [5.41, 5.74) is 10.1. The van der Waals surface area contributed by atoms with Crippen molar-refractivity contribution in [3.05, 3.63) is 95.8 Å². The third kappa shape index (κ3) is 6.15. The fraction of sp³-hybridized carbons (Fsp3) is 0.353. The van der Waals surface area contributed by atoms with Crippen molar-refractivity contribution >= 4 is 29.2 Å². The lowest BCUT2D eigenvalue weighted by Gasteiger charge is -2.36. The van der Waals surface area contributed by atoms with Gasteiger partial charge in [-0.15, -0.1) is 15.0 Å². The minimum atomic E-state index is -1.05. The number of anilines is 2. The second-order valence-electron chi connectivity index (χ2n) is 12.3. The van der Waals surface area contributed by atoms with Gasteiger partial charge in [-0.2, -0.15) is 0 Å². The number of fused-ring (bicyclic) bond motifs is 1. The van der Waals surface area contributed by atoms with Gasteiger partial charge in [0.25, 0.3) is 5.91 Å². The second kappa shape index (κ2) is 12.5. The molecule has 0 radical (unpaired) electrons. The molecule has 3 N–H and O–H groups in total. The van der Waals surface area contributed by atoms with Crippen LogP contribution in [0.3, 0.4) is 0 Å². The summed E-state index contributed by atoms with van der Waals surface area (Å²) in [6, 6.07) is 21.0. The van der Waals surface area contributed by atoms with Crippen molar-refractivity contribution in [1.29, 1.82) is 0 Å². The summed E-state index contributed by atoms with van der Waals surface area (Å²) < 4.78 is 0. The van der Waals surface area contributed by atoms with Gasteiger partial charge in [-0.3, -0.25) is 14.5 Å². The Kier molecular flexibility index (Phi) is 8.34. The lowest BCUT2D eigenvalue weighted by molar-refractivity contribution is -0.125. The zero-order chi connectivity index (χ0) is 31.6. The number of amides is 4. The highest BCUT2D eigenvalue weighted by Crippen LogP contribution is 2.42. The van der Waals surface area contributed by atoms with E-state index in [9.17, 15) is 14.4 Å². The molecule has 1 aliphatic carbocycles. The first-order chi connectivity index (χ1) is 21.7. The molecule has 0 saturated heterocycles. The number of carbonyl (C=O) groups excluding carboxylic acids is 3. The number of benzene rings is 3. The van der Waals surface area contributed by atoms with Crippen molar-refractivity contribution in [2.75, 3.05) is 16.3 Å². The van der Waals surface area contributed by atoms with E-state index in [1.54, 1.807) is 24.3 Å². The number of tetrazole rings is 1. The summed E-state index contributed by atoms with van der Waals surface area (Å²) in [7, 11) is 0. The third-order valence-electron chi connectivity index (χ3n) is 9.02. The molecule has 11 nitrogen and oxygen atoms in total. The van der Waals surface area contributed by atoms with Gasteiger partial charge < -0.3 is 16.0 Å². The number of urea groups is 1. The first-order valence-corrected chi connectivity index (χ1v) is 15.4. The van der Waals surface area contributed by atoms with Crippen LogP contribution >= 0.6 is 0 Å². The number of nitrogens with two attached hydrogens (primary N) is 1. The van der Waals surface area contributed by atoms with Gasteiger partial charge in [0.2, 0.25) is 5.91 Å². The lowest BCUT2D eigenvalue weighted by atomic mass is 9.83. The summed E-state index contributed by atoms with van der Waals surface area (Å²) in [4.78, 5) is 46.2. The van der Waals surface area contributed by atoms with Gasteiger partial charge in [-0.25, -0.2) is 4.79 Å². The van der Waals surface area contributed by atoms with Crippen LogP contribution in [-0.4, -0.2) is 56.2 Å². The van der Waals surface area contributed by atoms with Crippen molar-refractivity contribution in [2.24, 2.45) is 5.73 Å². The number of nitrogens with zero attached hydrogens (tertiary/aromatic N) is 6. The standard InChI is InChI=1S/C34H38N8O3/c1-23-15-16-25-26(24-11-5-3-6-12-24)20-30(41(33(35)45)27-13-7-8-14-28(27)42-37-22-36-39-42)32(44)40(29(25)19-23)21-31(43)38-34(2)17-9-4-10-18-34/h3,5-8,11-16,19,22,26,30H,4,9-10,17-18,20-21H2,1-2H3,(H2,35,45)(H,38,43).